The summed E-state index contributed by atoms with van der Waals surface area (Å²) in [6.45, 7) is 1.19. The molecule has 0 aliphatic carbocycles. The van der Waals surface area contributed by atoms with Gasteiger partial charge in [0, 0.05) is 5.56 Å². The SMILES string of the molecule is CCOC(=O)C(C(=O)C(F)(F)F)C(C(=O)c1ccccc1)c1ccccc1. The molecule has 4 nitrogen and oxygen atoms in total. The van der Waals surface area contributed by atoms with E-state index in [1.165, 1.54) is 43.3 Å². The van der Waals surface area contributed by atoms with E-state index in [9.17, 15) is 27.6 Å². The van der Waals surface area contributed by atoms with Crippen molar-refractivity contribution in [1.29, 1.82) is 0 Å². The zero-order valence-corrected chi connectivity index (χ0v) is 14.4. The lowest BCUT2D eigenvalue weighted by Gasteiger charge is -2.25. The smallest absolute Gasteiger partial charge is 0.450 e. The molecule has 142 valence electrons. The Morgan fingerprint density at radius 3 is 1.93 bits per heavy atom. The molecule has 0 N–H and O–H groups in total. The summed E-state index contributed by atoms with van der Waals surface area (Å²) < 4.78 is 44.2. The summed E-state index contributed by atoms with van der Waals surface area (Å²) in [5, 5.41) is 0. The van der Waals surface area contributed by atoms with Gasteiger partial charge in [-0.1, -0.05) is 60.7 Å². The van der Waals surface area contributed by atoms with Gasteiger partial charge in [0.2, 0.25) is 0 Å². The van der Waals surface area contributed by atoms with Crippen LogP contribution in [0.4, 0.5) is 13.2 Å². The second kappa shape index (κ2) is 8.62. The number of benzene rings is 2. The number of esters is 1. The van der Waals surface area contributed by atoms with Crippen LogP contribution in [0, 0.1) is 5.92 Å². The fourth-order valence-corrected chi connectivity index (χ4v) is 2.74. The first-order valence-electron chi connectivity index (χ1n) is 8.19. The first-order valence-corrected chi connectivity index (χ1v) is 8.19. The summed E-state index contributed by atoms with van der Waals surface area (Å²) in [6, 6.07) is 15.0. The summed E-state index contributed by atoms with van der Waals surface area (Å²) in [5.74, 6) is -8.42. The molecular formula is C20H17F3O4. The van der Waals surface area contributed by atoms with Crippen molar-refractivity contribution in [3.63, 3.8) is 0 Å². The third-order valence-electron chi connectivity index (χ3n) is 3.94. The number of ether oxygens (including phenoxy) is 1. The fraction of sp³-hybridized carbons (Fsp3) is 0.250. The van der Waals surface area contributed by atoms with E-state index in [1.54, 1.807) is 24.3 Å². The molecule has 0 aliphatic heterocycles. The Hall–Kier alpha value is -2.96. The summed E-state index contributed by atoms with van der Waals surface area (Å²) in [6.07, 6.45) is -5.29. The highest BCUT2D eigenvalue weighted by Gasteiger charge is 2.52. The van der Waals surface area contributed by atoms with Gasteiger partial charge in [0.15, 0.2) is 5.78 Å². The van der Waals surface area contributed by atoms with Crippen LogP contribution in [0.2, 0.25) is 0 Å². The van der Waals surface area contributed by atoms with Crippen LogP contribution in [0.3, 0.4) is 0 Å². The Morgan fingerprint density at radius 1 is 0.926 bits per heavy atom. The van der Waals surface area contributed by atoms with E-state index < -0.39 is 35.5 Å². The zero-order valence-electron chi connectivity index (χ0n) is 14.4. The van der Waals surface area contributed by atoms with Gasteiger partial charge < -0.3 is 4.74 Å². The van der Waals surface area contributed by atoms with Gasteiger partial charge in [-0.2, -0.15) is 13.2 Å². The molecule has 2 atom stereocenters. The molecule has 0 amide bonds. The normalized spacial score (nSPS) is 13.5. The van der Waals surface area contributed by atoms with Crippen LogP contribution in [0.25, 0.3) is 0 Å². The largest absolute Gasteiger partial charge is 0.465 e. The third kappa shape index (κ3) is 4.81. The first kappa shape index (κ1) is 20.4. The second-order valence-corrected chi connectivity index (χ2v) is 5.71. The summed E-state index contributed by atoms with van der Waals surface area (Å²) >= 11 is 0. The van der Waals surface area contributed by atoms with E-state index in [0.29, 0.717) is 0 Å². The van der Waals surface area contributed by atoms with Crippen LogP contribution in [-0.2, 0) is 14.3 Å². The van der Waals surface area contributed by atoms with Crippen molar-refractivity contribution in [2.75, 3.05) is 6.61 Å². The van der Waals surface area contributed by atoms with Crippen molar-refractivity contribution in [2.45, 2.75) is 19.0 Å². The zero-order chi connectivity index (χ0) is 20.0. The molecule has 0 bridgehead atoms. The number of carbonyl (C=O) groups excluding carboxylic acids is 3. The fourth-order valence-electron chi connectivity index (χ4n) is 2.74. The summed E-state index contributed by atoms with van der Waals surface area (Å²) in [4.78, 5) is 37.3. The lowest BCUT2D eigenvalue weighted by atomic mass is 9.78. The van der Waals surface area contributed by atoms with Gasteiger partial charge in [0.05, 0.1) is 12.5 Å². The van der Waals surface area contributed by atoms with E-state index in [4.69, 9.17) is 4.74 Å². The number of alkyl halides is 3. The Labute approximate surface area is 154 Å². The van der Waals surface area contributed by atoms with Gasteiger partial charge in [-0.25, -0.2) is 0 Å². The number of halogens is 3. The van der Waals surface area contributed by atoms with Gasteiger partial charge in [-0.05, 0) is 12.5 Å². The highest BCUT2D eigenvalue weighted by Crippen LogP contribution is 2.35. The maximum atomic E-state index is 13.2. The van der Waals surface area contributed by atoms with Crippen LogP contribution in [-0.4, -0.2) is 30.3 Å². The molecular weight excluding hydrogens is 361 g/mol. The third-order valence-corrected chi connectivity index (χ3v) is 3.94. The maximum absolute atomic E-state index is 13.2. The molecule has 0 fully saturated rings. The van der Waals surface area contributed by atoms with E-state index >= 15 is 0 Å². The average molecular weight is 378 g/mol. The van der Waals surface area contributed by atoms with Gasteiger partial charge in [-0.15, -0.1) is 0 Å². The van der Waals surface area contributed by atoms with Gasteiger partial charge in [0.25, 0.3) is 5.78 Å². The van der Waals surface area contributed by atoms with E-state index in [2.05, 4.69) is 0 Å². The minimum absolute atomic E-state index is 0.0932. The van der Waals surface area contributed by atoms with Crippen LogP contribution >= 0.6 is 0 Å². The van der Waals surface area contributed by atoms with Crippen LogP contribution in [0.5, 0.6) is 0 Å². The molecule has 0 saturated heterocycles. The Morgan fingerprint density at radius 2 is 1.44 bits per heavy atom. The predicted octanol–water partition coefficient (Wildman–Crippen LogP) is 3.96. The number of carbonyl (C=O) groups is 3. The van der Waals surface area contributed by atoms with E-state index in [-0.39, 0.29) is 17.7 Å². The number of Topliss-reactive ketones (excluding diaryl/α,β-unsaturated/α-hetero) is 2. The topological polar surface area (TPSA) is 60.4 Å². The Balaban J connectivity index is 2.62. The Kier molecular flexibility index (Phi) is 6.50. The van der Waals surface area contributed by atoms with Gasteiger partial charge in [0.1, 0.15) is 5.92 Å². The summed E-state index contributed by atoms with van der Waals surface area (Å²) in [7, 11) is 0. The van der Waals surface area contributed by atoms with Crippen molar-refractivity contribution < 1.29 is 32.3 Å². The molecule has 0 heterocycles. The van der Waals surface area contributed by atoms with Gasteiger partial charge >= 0.3 is 12.1 Å². The highest BCUT2D eigenvalue weighted by molar-refractivity contribution is 6.11. The lowest BCUT2D eigenvalue weighted by molar-refractivity contribution is -0.181. The van der Waals surface area contributed by atoms with E-state index in [0.717, 1.165) is 0 Å². The van der Waals surface area contributed by atoms with Crippen molar-refractivity contribution in [1.82, 2.24) is 0 Å². The van der Waals surface area contributed by atoms with Crippen LogP contribution in [0.15, 0.2) is 60.7 Å². The molecule has 0 aromatic heterocycles. The van der Waals surface area contributed by atoms with Crippen molar-refractivity contribution >= 4 is 17.5 Å². The van der Waals surface area contributed by atoms with Gasteiger partial charge in [-0.3, -0.25) is 14.4 Å². The van der Waals surface area contributed by atoms with Crippen molar-refractivity contribution in [3.05, 3.63) is 71.8 Å². The molecule has 2 aromatic carbocycles. The van der Waals surface area contributed by atoms with Crippen LogP contribution < -0.4 is 0 Å². The molecule has 7 heteroatoms. The van der Waals surface area contributed by atoms with E-state index in [1.807, 2.05) is 0 Å². The molecule has 27 heavy (non-hydrogen) atoms. The monoisotopic (exact) mass is 378 g/mol. The number of ketones is 2. The number of hydrogen-bond acceptors (Lipinski definition) is 4. The standard InChI is InChI=1S/C20H17F3O4/c1-2-27-19(26)16(18(25)20(21,22)23)15(13-9-5-3-6-10-13)17(24)14-11-7-4-8-12-14/h3-12,15-16H,2H2,1H3. The molecule has 2 aromatic rings. The molecule has 2 unspecified atom stereocenters. The van der Waals surface area contributed by atoms with Crippen molar-refractivity contribution in [3.8, 4) is 0 Å². The second-order valence-electron chi connectivity index (χ2n) is 5.71. The predicted molar refractivity (Wildman–Crippen MR) is 91.1 cm³/mol. The summed E-state index contributed by atoms with van der Waals surface area (Å²) in [5.41, 5.74) is 0.220. The average Bonchev–Trinajstić information content (AvgIpc) is 2.65. The maximum Gasteiger partial charge on any atom is 0.450 e. The number of hydrogen-bond donors (Lipinski definition) is 0. The first-order chi connectivity index (χ1) is 12.8. The van der Waals surface area contributed by atoms with Crippen LogP contribution in [0.1, 0.15) is 28.8 Å². The minimum Gasteiger partial charge on any atom is -0.465 e. The molecule has 2 rings (SSSR count). The quantitative estimate of drug-likeness (QED) is 0.416. The highest BCUT2D eigenvalue weighted by atomic mass is 19.4. The Bertz CT molecular complexity index is 801. The molecule has 0 saturated carbocycles. The van der Waals surface area contributed by atoms with Crippen molar-refractivity contribution in [2.24, 2.45) is 5.92 Å². The molecule has 0 spiro atoms. The molecule has 0 aliphatic rings. The number of rotatable bonds is 7. The molecule has 0 radical (unpaired) electrons. The lowest BCUT2D eigenvalue weighted by Crippen LogP contribution is -2.42. The minimum atomic E-state index is -5.29.